The number of piperazine rings is 1. The molecule has 0 aromatic rings. The van der Waals surface area contributed by atoms with Gasteiger partial charge in [-0.3, -0.25) is 9.80 Å². The first-order valence-corrected chi connectivity index (χ1v) is 7.42. The molecule has 0 aromatic heterocycles. The molecule has 19 heavy (non-hydrogen) atoms. The van der Waals surface area contributed by atoms with Crippen LogP contribution < -0.4 is 0 Å². The second-order valence-electron chi connectivity index (χ2n) is 6.06. The molecule has 2 atom stereocenters. The molecule has 0 amide bonds. The summed E-state index contributed by atoms with van der Waals surface area (Å²) in [6, 6.07) is 1.20. The second kappa shape index (κ2) is 6.95. The third kappa shape index (κ3) is 4.10. The predicted octanol–water partition coefficient (Wildman–Crippen LogP) is 2.07. The highest BCUT2D eigenvalue weighted by atomic mass is 19.3. The van der Waals surface area contributed by atoms with Gasteiger partial charge in [0.1, 0.15) is 6.61 Å². The van der Waals surface area contributed by atoms with Crippen molar-refractivity contribution >= 4 is 0 Å². The summed E-state index contributed by atoms with van der Waals surface area (Å²) in [6.45, 7) is 8.67. The summed E-state index contributed by atoms with van der Waals surface area (Å²) < 4.78 is 29.1. The van der Waals surface area contributed by atoms with Crippen LogP contribution in [0.5, 0.6) is 0 Å². The number of rotatable bonds is 6. The molecule has 0 spiro atoms. The Labute approximate surface area is 114 Å². The second-order valence-corrected chi connectivity index (χ2v) is 6.06. The van der Waals surface area contributed by atoms with Gasteiger partial charge in [-0.1, -0.05) is 13.8 Å². The van der Waals surface area contributed by atoms with Gasteiger partial charge in [0.25, 0.3) is 6.43 Å². The van der Waals surface area contributed by atoms with Crippen molar-refractivity contribution in [3.8, 4) is 0 Å². The Balaban J connectivity index is 1.81. The minimum atomic E-state index is -2.35. The van der Waals surface area contributed by atoms with Crippen LogP contribution in [0.15, 0.2) is 0 Å². The average Bonchev–Trinajstić information content (AvgIpc) is 2.80. The van der Waals surface area contributed by atoms with E-state index in [1.165, 1.54) is 19.4 Å². The van der Waals surface area contributed by atoms with Crippen molar-refractivity contribution in [2.75, 3.05) is 39.4 Å². The van der Waals surface area contributed by atoms with Crippen LogP contribution in [-0.4, -0.2) is 67.7 Å². The molecule has 2 unspecified atom stereocenters. The lowest BCUT2D eigenvalue weighted by Crippen LogP contribution is -2.58. The molecule has 2 aliphatic rings. The summed E-state index contributed by atoms with van der Waals surface area (Å²) in [6.07, 6.45) is 0.220. The first-order chi connectivity index (χ1) is 9.08. The molecule has 2 saturated heterocycles. The van der Waals surface area contributed by atoms with Gasteiger partial charge in [-0.25, -0.2) is 8.78 Å². The fourth-order valence-corrected chi connectivity index (χ4v) is 3.35. The maximum atomic E-state index is 12.0. The third-order valence-corrected chi connectivity index (χ3v) is 4.37. The summed E-state index contributed by atoms with van der Waals surface area (Å²) in [5.41, 5.74) is 0. The highest BCUT2D eigenvalue weighted by Gasteiger charge is 2.37. The molecule has 0 radical (unpaired) electrons. The molecule has 0 aliphatic carbocycles. The summed E-state index contributed by atoms with van der Waals surface area (Å²) in [5.74, 6) is 0.594. The molecular formula is C14H26F2N2O. The standard InChI is InChI=1S/C14H26F2N2O/c1-11(2)13-9-17-5-3-4-12(17)8-18(13)6-7-19-10-14(15)16/h11-14H,3-10H2,1-2H3. The van der Waals surface area contributed by atoms with Gasteiger partial charge < -0.3 is 4.74 Å². The van der Waals surface area contributed by atoms with Gasteiger partial charge in [-0.15, -0.1) is 0 Å². The van der Waals surface area contributed by atoms with Gasteiger partial charge in [0.05, 0.1) is 6.61 Å². The average molecular weight is 276 g/mol. The zero-order valence-corrected chi connectivity index (χ0v) is 12.0. The molecule has 0 aromatic carbocycles. The zero-order valence-electron chi connectivity index (χ0n) is 12.0. The molecule has 5 heteroatoms. The summed E-state index contributed by atoms with van der Waals surface area (Å²) in [5, 5.41) is 0. The predicted molar refractivity (Wildman–Crippen MR) is 71.6 cm³/mol. The van der Waals surface area contributed by atoms with Crippen molar-refractivity contribution in [2.24, 2.45) is 5.92 Å². The summed E-state index contributed by atoms with van der Waals surface area (Å²) in [7, 11) is 0. The van der Waals surface area contributed by atoms with E-state index in [1.807, 2.05) is 0 Å². The number of nitrogens with zero attached hydrogens (tertiary/aromatic N) is 2. The Morgan fingerprint density at radius 1 is 1.26 bits per heavy atom. The lowest BCUT2D eigenvalue weighted by Gasteiger charge is -2.45. The molecule has 2 rings (SSSR count). The van der Waals surface area contributed by atoms with E-state index < -0.39 is 13.0 Å². The Morgan fingerprint density at radius 2 is 2.05 bits per heavy atom. The maximum Gasteiger partial charge on any atom is 0.261 e. The van der Waals surface area contributed by atoms with Gasteiger partial charge in [0.15, 0.2) is 0 Å². The minimum absolute atomic E-state index is 0.417. The van der Waals surface area contributed by atoms with Crippen molar-refractivity contribution in [1.82, 2.24) is 9.80 Å². The number of hydrogen-bond acceptors (Lipinski definition) is 3. The van der Waals surface area contributed by atoms with Crippen LogP contribution in [-0.2, 0) is 4.74 Å². The van der Waals surface area contributed by atoms with Crippen LogP contribution >= 0.6 is 0 Å². The summed E-state index contributed by atoms with van der Waals surface area (Å²) in [4.78, 5) is 5.05. The smallest absolute Gasteiger partial charge is 0.261 e. The Kier molecular flexibility index (Phi) is 5.54. The van der Waals surface area contributed by atoms with Crippen LogP contribution in [0.1, 0.15) is 26.7 Å². The SMILES string of the molecule is CC(C)C1CN2CCCC2CN1CCOCC(F)F. The highest BCUT2D eigenvalue weighted by Crippen LogP contribution is 2.27. The number of halogens is 2. The molecule has 3 nitrogen and oxygen atoms in total. The van der Waals surface area contributed by atoms with Crippen LogP contribution in [0.4, 0.5) is 8.78 Å². The fourth-order valence-electron chi connectivity index (χ4n) is 3.35. The molecule has 0 saturated carbocycles. The Bertz CT molecular complexity index is 276. The van der Waals surface area contributed by atoms with Crippen molar-refractivity contribution in [3.63, 3.8) is 0 Å². The lowest BCUT2D eigenvalue weighted by atomic mass is 9.97. The van der Waals surface area contributed by atoms with Gasteiger partial charge in [0.2, 0.25) is 0 Å². The molecule has 0 N–H and O–H groups in total. The molecule has 2 aliphatic heterocycles. The quantitative estimate of drug-likeness (QED) is 0.691. The number of fused-ring (bicyclic) bond motifs is 1. The first kappa shape index (κ1) is 15.1. The van der Waals surface area contributed by atoms with E-state index in [0.717, 1.165) is 19.6 Å². The number of alkyl halides is 2. The van der Waals surface area contributed by atoms with Gasteiger partial charge in [-0.2, -0.15) is 0 Å². The molecule has 2 heterocycles. The lowest BCUT2D eigenvalue weighted by molar-refractivity contribution is -0.0175. The first-order valence-electron chi connectivity index (χ1n) is 7.42. The van der Waals surface area contributed by atoms with Gasteiger partial charge in [-0.05, 0) is 25.3 Å². The van der Waals surface area contributed by atoms with Gasteiger partial charge in [0, 0.05) is 31.7 Å². The van der Waals surface area contributed by atoms with Crippen molar-refractivity contribution in [1.29, 1.82) is 0 Å². The summed E-state index contributed by atoms with van der Waals surface area (Å²) >= 11 is 0. The van der Waals surface area contributed by atoms with E-state index in [2.05, 4.69) is 23.6 Å². The third-order valence-electron chi connectivity index (χ3n) is 4.37. The van der Waals surface area contributed by atoms with E-state index in [0.29, 0.717) is 24.6 Å². The maximum absolute atomic E-state index is 12.0. The Hall–Kier alpha value is -0.260. The molecular weight excluding hydrogens is 250 g/mol. The minimum Gasteiger partial charge on any atom is -0.374 e. The van der Waals surface area contributed by atoms with Gasteiger partial charge >= 0.3 is 0 Å². The van der Waals surface area contributed by atoms with E-state index in [4.69, 9.17) is 4.74 Å². The zero-order chi connectivity index (χ0) is 13.8. The number of ether oxygens (including phenoxy) is 1. The van der Waals surface area contributed by atoms with Crippen molar-refractivity contribution < 1.29 is 13.5 Å². The fraction of sp³-hybridized carbons (Fsp3) is 1.00. The van der Waals surface area contributed by atoms with Crippen molar-refractivity contribution in [3.05, 3.63) is 0 Å². The van der Waals surface area contributed by atoms with Crippen LogP contribution in [0.25, 0.3) is 0 Å². The monoisotopic (exact) mass is 276 g/mol. The largest absolute Gasteiger partial charge is 0.374 e. The number of hydrogen-bond donors (Lipinski definition) is 0. The van der Waals surface area contributed by atoms with E-state index in [1.54, 1.807) is 0 Å². The molecule has 0 bridgehead atoms. The van der Waals surface area contributed by atoms with E-state index in [-0.39, 0.29) is 0 Å². The topological polar surface area (TPSA) is 15.7 Å². The van der Waals surface area contributed by atoms with E-state index in [9.17, 15) is 8.78 Å². The molecule has 112 valence electrons. The normalized spacial score (nSPS) is 29.4. The van der Waals surface area contributed by atoms with Crippen molar-refractivity contribution in [2.45, 2.75) is 45.2 Å². The van der Waals surface area contributed by atoms with Crippen LogP contribution in [0, 0.1) is 5.92 Å². The highest BCUT2D eigenvalue weighted by molar-refractivity contribution is 4.93. The Morgan fingerprint density at radius 3 is 2.74 bits per heavy atom. The van der Waals surface area contributed by atoms with E-state index >= 15 is 0 Å². The van der Waals surface area contributed by atoms with Crippen LogP contribution in [0.3, 0.4) is 0 Å². The van der Waals surface area contributed by atoms with Crippen LogP contribution in [0.2, 0.25) is 0 Å². The molecule has 2 fully saturated rings.